The van der Waals surface area contributed by atoms with Gasteiger partial charge in [-0.3, -0.25) is 14.5 Å². The van der Waals surface area contributed by atoms with Crippen LogP contribution < -0.4 is 0 Å². The van der Waals surface area contributed by atoms with Crippen LogP contribution in [0.15, 0.2) is 91.0 Å². The Morgan fingerprint density at radius 3 is 1.53 bits per heavy atom. The van der Waals surface area contributed by atoms with Gasteiger partial charge in [-0.1, -0.05) is 48.5 Å². The predicted octanol–water partition coefficient (Wildman–Crippen LogP) is 1.57. The van der Waals surface area contributed by atoms with Crippen molar-refractivity contribution in [2.75, 3.05) is 0 Å². The molecular formula is C34H29BN2O10. The van der Waals surface area contributed by atoms with Crippen molar-refractivity contribution in [2.45, 2.75) is 56.1 Å². The molecule has 13 heteroatoms. The molecule has 0 unspecified atom stereocenters. The van der Waals surface area contributed by atoms with Crippen LogP contribution in [-0.2, 0) is 42.9 Å². The number of likely N-dealkylation sites (tertiary alicyclic amines) is 2. The second-order valence-corrected chi connectivity index (χ2v) is 11.5. The summed E-state index contributed by atoms with van der Waals surface area (Å²) in [4.78, 5) is 81.1. The van der Waals surface area contributed by atoms with Crippen LogP contribution in [0.4, 0.5) is 0 Å². The molecule has 3 aromatic carbocycles. The summed E-state index contributed by atoms with van der Waals surface area (Å²) in [5.74, 6) is -5.46. The zero-order valence-electron chi connectivity index (χ0n) is 25.4. The Morgan fingerprint density at radius 2 is 1.09 bits per heavy atom. The fourth-order valence-electron chi connectivity index (χ4n) is 5.88. The number of β-lactam (4-membered cyclic amide) rings is 2. The molecule has 3 heterocycles. The van der Waals surface area contributed by atoms with E-state index in [0.717, 1.165) is 15.8 Å². The first-order valence-corrected chi connectivity index (χ1v) is 14.8. The molecule has 3 aromatic rings. The van der Waals surface area contributed by atoms with Crippen molar-refractivity contribution in [1.29, 1.82) is 0 Å². The number of ether oxygens (including phenoxy) is 4. The average molecular weight is 636 g/mol. The molecule has 0 spiro atoms. The first-order chi connectivity index (χ1) is 22.5. The number of carbonyl (C=O) groups is 6. The van der Waals surface area contributed by atoms with Gasteiger partial charge in [0.2, 0.25) is 0 Å². The summed E-state index contributed by atoms with van der Waals surface area (Å²) in [6.45, 7) is 2.93. The van der Waals surface area contributed by atoms with E-state index in [1.165, 1.54) is 13.8 Å². The molecule has 0 N–H and O–H groups in total. The van der Waals surface area contributed by atoms with Crippen LogP contribution in [0.3, 0.4) is 0 Å². The topological polar surface area (TPSA) is 146 Å². The van der Waals surface area contributed by atoms with Crippen LogP contribution in [0.2, 0.25) is 0 Å². The second-order valence-electron chi connectivity index (χ2n) is 11.5. The summed E-state index contributed by atoms with van der Waals surface area (Å²) < 4.78 is 22.6. The van der Waals surface area contributed by atoms with Gasteiger partial charge in [-0.2, -0.15) is 0 Å². The predicted molar refractivity (Wildman–Crippen MR) is 165 cm³/mol. The van der Waals surface area contributed by atoms with Crippen LogP contribution in [0.5, 0.6) is 0 Å². The van der Waals surface area contributed by atoms with E-state index >= 15 is 0 Å². The normalized spacial score (nSPS) is 26.1. The van der Waals surface area contributed by atoms with Gasteiger partial charge in [0.25, 0.3) is 11.8 Å². The summed E-state index contributed by atoms with van der Waals surface area (Å²) in [5, 5.41) is 0. The van der Waals surface area contributed by atoms with E-state index in [-0.39, 0.29) is 5.56 Å². The Labute approximate surface area is 270 Å². The molecule has 12 nitrogen and oxygen atoms in total. The third-order valence-electron chi connectivity index (χ3n) is 8.07. The maximum atomic E-state index is 13.6. The molecule has 0 saturated carbocycles. The monoisotopic (exact) mass is 636 g/mol. The standard InChI is InChI=1S/C34H29BN2O10/c1-34(2)46-27(32(42)44-25-23(19-12-6-3-7-13-19)36(30(25)40)22(38)18-35)28(47-34)33(43)45-26-24(20-14-8-4-9-15-20)37(31(26)41)29(39)21-16-10-5-11-17-21/h3-18,23-28,35H,1-2H3/t23-,24-,25+,26+,27+,28+/m0/s1. The van der Waals surface area contributed by atoms with Gasteiger partial charge in [0, 0.05) is 5.56 Å². The molecule has 0 radical (unpaired) electrons. The Bertz CT molecular complexity index is 1750. The molecular weight excluding hydrogens is 607 g/mol. The van der Waals surface area contributed by atoms with E-state index in [1.807, 2.05) is 0 Å². The quantitative estimate of drug-likeness (QED) is 0.155. The van der Waals surface area contributed by atoms with Gasteiger partial charge in [0.15, 0.2) is 0 Å². The van der Waals surface area contributed by atoms with Crippen LogP contribution in [0.25, 0.3) is 0 Å². The Kier molecular flexibility index (Phi) is 8.43. The van der Waals surface area contributed by atoms with Crippen molar-refractivity contribution >= 4 is 49.0 Å². The van der Waals surface area contributed by atoms with Crippen molar-refractivity contribution in [2.24, 2.45) is 0 Å². The van der Waals surface area contributed by atoms with E-state index in [9.17, 15) is 28.8 Å². The Hall–Kier alpha value is -5.27. The minimum absolute atomic E-state index is 0.274. The number of rotatable bonds is 8. The van der Waals surface area contributed by atoms with E-state index < -0.39 is 77.9 Å². The minimum atomic E-state index is -1.68. The summed E-state index contributed by atoms with van der Waals surface area (Å²) in [7, 11) is 3.43. The van der Waals surface area contributed by atoms with Crippen LogP contribution >= 0.6 is 0 Å². The molecule has 238 valence electrons. The fourth-order valence-corrected chi connectivity index (χ4v) is 5.88. The third-order valence-corrected chi connectivity index (χ3v) is 8.07. The Balaban J connectivity index is 1.21. The number of hydrogen-bond donors (Lipinski definition) is 0. The zero-order valence-corrected chi connectivity index (χ0v) is 25.4. The van der Waals surface area contributed by atoms with Gasteiger partial charge in [-0.25, -0.2) is 0 Å². The van der Waals surface area contributed by atoms with Gasteiger partial charge in [-0.15, -0.1) is 0 Å². The maximum absolute atomic E-state index is 13.6. The number of benzene rings is 3. The Morgan fingerprint density at radius 1 is 0.681 bits per heavy atom. The first kappa shape index (κ1) is 31.7. The SMILES string of the molecule is B=CC(=O)N1C(=O)[C@H](OC(=O)[C@@H]2OC(C)(C)O[C@H]2C(=O)O[C@H]2C(=O)N(C(=O)c3ccccc3)[C@H]2c2ccccc2)[C@@H]1c1ccccc1. The van der Waals surface area contributed by atoms with Crippen LogP contribution in [0, 0.1) is 0 Å². The molecule has 3 saturated heterocycles. The summed E-state index contributed by atoms with van der Waals surface area (Å²) in [6.07, 6.45) is -6.17. The number of carbonyl (C=O) groups excluding carboxylic acids is 6. The molecule has 4 amide bonds. The van der Waals surface area contributed by atoms with Gasteiger partial charge in [0.1, 0.15) is 6.04 Å². The molecule has 6 atom stereocenters. The molecule has 0 aromatic heterocycles. The number of esters is 2. The summed E-state index contributed by atoms with van der Waals surface area (Å²) in [5.41, 5.74) is 1.35. The number of imide groups is 2. The molecule has 3 aliphatic heterocycles. The number of hydrogen-bond acceptors (Lipinski definition) is 10. The van der Waals surface area contributed by atoms with Gasteiger partial charge in [-0.05, 0) is 17.7 Å². The molecule has 0 aliphatic carbocycles. The van der Waals surface area contributed by atoms with Gasteiger partial charge in [0.05, 0.1) is 0 Å². The van der Waals surface area contributed by atoms with E-state index in [0.29, 0.717) is 11.1 Å². The van der Waals surface area contributed by atoms with Gasteiger partial charge >= 0.3 is 166 Å². The molecule has 47 heavy (non-hydrogen) atoms. The second kappa shape index (κ2) is 12.5. The molecule has 3 aliphatic rings. The fraction of sp³-hybridized carbons (Fsp3) is 0.265. The van der Waals surface area contributed by atoms with Crippen LogP contribution in [-0.4, -0.2) is 89.0 Å². The molecule has 6 rings (SSSR count). The van der Waals surface area contributed by atoms with E-state index in [4.69, 9.17) is 18.9 Å². The van der Waals surface area contributed by atoms with Crippen LogP contribution in [0.1, 0.15) is 47.4 Å². The number of nitrogens with zero attached hydrogens (tertiary/aromatic N) is 2. The van der Waals surface area contributed by atoms with Crippen molar-refractivity contribution in [1.82, 2.24) is 9.80 Å². The zero-order chi connectivity index (χ0) is 33.5. The third kappa shape index (κ3) is 5.79. The summed E-state index contributed by atoms with van der Waals surface area (Å²) in [6, 6.07) is 23.4. The van der Waals surface area contributed by atoms with Crippen molar-refractivity contribution in [3.8, 4) is 0 Å². The number of amides is 4. The van der Waals surface area contributed by atoms with E-state index in [2.05, 4.69) is 7.49 Å². The van der Waals surface area contributed by atoms with Crippen molar-refractivity contribution in [3.05, 3.63) is 108 Å². The van der Waals surface area contributed by atoms with E-state index in [1.54, 1.807) is 91.0 Å². The molecule has 0 bridgehead atoms. The van der Waals surface area contributed by atoms with Crippen molar-refractivity contribution in [3.63, 3.8) is 0 Å². The molecule has 3 fully saturated rings. The first-order valence-electron chi connectivity index (χ1n) is 14.8. The van der Waals surface area contributed by atoms with Crippen molar-refractivity contribution < 1.29 is 47.7 Å². The van der Waals surface area contributed by atoms with Gasteiger partial charge < -0.3 is 0 Å². The summed E-state index contributed by atoms with van der Waals surface area (Å²) >= 11 is 0. The average Bonchev–Trinajstić information content (AvgIpc) is 3.42.